The smallest absolute Gasteiger partial charge is 0.237 e. The lowest BCUT2D eigenvalue weighted by molar-refractivity contribution is 0.321. The number of ether oxygens (including phenoxy) is 1. The summed E-state index contributed by atoms with van der Waals surface area (Å²) in [6.45, 7) is 6.13. The van der Waals surface area contributed by atoms with Crippen LogP contribution in [0, 0.1) is 0 Å². The molecule has 9 heteroatoms. The number of benzene rings is 1. The maximum Gasteiger partial charge on any atom is 0.237 e. The van der Waals surface area contributed by atoms with E-state index in [1.807, 2.05) is 45.0 Å². The molecule has 0 aliphatic carbocycles. The molecule has 0 radical (unpaired) electrons. The van der Waals surface area contributed by atoms with Crippen molar-refractivity contribution in [3.63, 3.8) is 0 Å². The van der Waals surface area contributed by atoms with Crippen molar-refractivity contribution in [3.05, 3.63) is 30.2 Å². The third kappa shape index (κ3) is 3.56. The van der Waals surface area contributed by atoms with Crippen LogP contribution in [0.4, 0.5) is 0 Å². The van der Waals surface area contributed by atoms with Crippen molar-refractivity contribution in [2.24, 2.45) is 0 Å². The SMILES string of the molecule is COc1ccc(-c2noc(CSc3nnnn3C(C)(C)C)n2)cc1. The fraction of sp³-hybridized carbons (Fsp3) is 0.400. The zero-order valence-electron chi connectivity index (χ0n) is 13.9. The summed E-state index contributed by atoms with van der Waals surface area (Å²) in [6, 6.07) is 7.50. The van der Waals surface area contributed by atoms with Crippen molar-refractivity contribution >= 4 is 11.8 Å². The van der Waals surface area contributed by atoms with Gasteiger partial charge in [0.25, 0.3) is 0 Å². The molecule has 3 aromatic rings. The van der Waals surface area contributed by atoms with E-state index in [1.54, 1.807) is 11.8 Å². The number of thioether (sulfide) groups is 1. The predicted molar refractivity (Wildman–Crippen MR) is 88.7 cm³/mol. The van der Waals surface area contributed by atoms with Gasteiger partial charge in [-0.1, -0.05) is 16.9 Å². The van der Waals surface area contributed by atoms with E-state index in [9.17, 15) is 0 Å². The van der Waals surface area contributed by atoms with Crippen LogP contribution in [0.1, 0.15) is 26.7 Å². The van der Waals surface area contributed by atoms with E-state index < -0.39 is 0 Å². The van der Waals surface area contributed by atoms with Crippen molar-refractivity contribution in [3.8, 4) is 17.1 Å². The number of hydrogen-bond acceptors (Lipinski definition) is 8. The minimum atomic E-state index is -0.186. The molecule has 0 unspecified atom stereocenters. The minimum Gasteiger partial charge on any atom is -0.497 e. The van der Waals surface area contributed by atoms with E-state index in [0.29, 0.717) is 22.6 Å². The molecule has 0 saturated carbocycles. The highest BCUT2D eigenvalue weighted by Crippen LogP contribution is 2.25. The van der Waals surface area contributed by atoms with Gasteiger partial charge in [-0.15, -0.1) is 5.10 Å². The predicted octanol–water partition coefficient (Wildman–Crippen LogP) is 2.78. The van der Waals surface area contributed by atoms with Gasteiger partial charge in [-0.05, 0) is 55.5 Å². The van der Waals surface area contributed by atoms with Crippen molar-refractivity contribution in [2.45, 2.75) is 37.2 Å². The zero-order chi connectivity index (χ0) is 17.2. The maximum absolute atomic E-state index is 5.31. The third-order valence-electron chi connectivity index (χ3n) is 3.22. The average molecular weight is 346 g/mol. The summed E-state index contributed by atoms with van der Waals surface area (Å²) in [5.41, 5.74) is 0.685. The molecule has 0 aliphatic rings. The molecule has 2 aromatic heterocycles. The van der Waals surface area contributed by atoms with Crippen LogP contribution in [-0.4, -0.2) is 37.5 Å². The van der Waals surface area contributed by atoms with Crippen molar-refractivity contribution in [1.82, 2.24) is 30.3 Å². The van der Waals surface area contributed by atoms with Gasteiger partial charge in [0.2, 0.25) is 16.9 Å². The first-order valence-corrected chi connectivity index (χ1v) is 8.34. The zero-order valence-corrected chi connectivity index (χ0v) is 14.7. The Bertz CT molecular complexity index is 806. The molecule has 0 atom stereocenters. The number of aromatic nitrogens is 6. The molecular formula is C15H18N6O2S. The van der Waals surface area contributed by atoms with Gasteiger partial charge >= 0.3 is 0 Å². The molecule has 0 fully saturated rings. The molecule has 0 spiro atoms. The van der Waals surface area contributed by atoms with Crippen molar-refractivity contribution in [1.29, 1.82) is 0 Å². The van der Waals surface area contributed by atoms with Crippen LogP contribution in [0.3, 0.4) is 0 Å². The summed E-state index contributed by atoms with van der Waals surface area (Å²) in [7, 11) is 1.63. The molecule has 0 bridgehead atoms. The fourth-order valence-corrected chi connectivity index (χ4v) is 2.88. The highest BCUT2D eigenvalue weighted by Gasteiger charge is 2.20. The molecule has 24 heavy (non-hydrogen) atoms. The molecule has 0 amide bonds. The van der Waals surface area contributed by atoms with E-state index in [1.165, 1.54) is 11.8 Å². The molecule has 126 valence electrons. The highest BCUT2D eigenvalue weighted by atomic mass is 32.2. The second-order valence-electron chi connectivity index (χ2n) is 6.07. The molecule has 1 aromatic carbocycles. The first kappa shape index (κ1) is 16.4. The molecule has 0 saturated heterocycles. The summed E-state index contributed by atoms with van der Waals surface area (Å²) in [4.78, 5) is 4.41. The standard InChI is InChI=1S/C15H18N6O2S/c1-15(2,3)21-14(17-19-20-21)24-9-12-16-13(18-23-12)10-5-7-11(22-4)8-6-10/h5-8H,9H2,1-4H3. The Kier molecular flexibility index (Phi) is 4.52. The number of nitrogens with zero attached hydrogens (tertiary/aromatic N) is 6. The van der Waals surface area contributed by atoms with Gasteiger partial charge < -0.3 is 9.26 Å². The summed E-state index contributed by atoms with van der Waals surface area (Å²) in [5, 5.41) is 16.5. The van der Waals surface area contributed by atoms with Crippen LogP contribution in [0.5, 0.6) is 5.75 Å². The Labute approximate surface area is 143 Å². The van der Waals surface area contributed by atoms with Crippen molar-refractivity contribution < 1.29 is 9.26 Å². The van der Waals surface area contributed by atoms with Gasteiger partial charge in [0.05, 0.1) is 18.4 Å². The van der Waals surface area contributed by atoms with E-state index in [-0.39, 0.29) is 5.54 Å². The fourth-order valence-electron chi connectivity index (χ4n) is 1.99. The summed E-state index contributed by atoms with van der Waals surface area (Å²) in [5.74, 6) is 2.35. The average Bonchev–Trinajstić information content (AvgIpc) is 3.21. The number of methoxy groups -OCH3 is 1. The Balaban J connectivity index is 1.69. The Hall–Kier alpha value is -2.42. The number of tetrazole rings is 1. The van der Waals surface area contributed by atoms with Crippen molar-refractivity contribution in [2.75, 3.05) is 7.11 Å². The normalized spacial score (nSPS) is 11.7. The lowest BCUT2D eigenvalue weighted by Crippen LogP contribution is -2.24. The summed E-state index contributed by atoms with van der Waals surface area (Å²) >= 11 is 1.46. The van der Waals surface area contributed by atoms with Crippen LogP contribution in [0.15, 0.2) is 33.9 Å². The Morgan fingerprint density at radius 3 is 2.62 bits per heavy atom. The second kappa shape index (κ2) is 6.60. The molecule has 0 aliphatic heterocycles. The number of rotatable bonds is 5. The molecular weight excluding hydrogens is 328 g/mol. The van der Waals surface area contributed by atoms with Gasteiger partial charge in [0.1, 0.15) is 5.75 Å². The van der Waals surface area contributed by atoms with Gasteiger partial charge in [-0.3, -0.25) is 0 Å². The van der Waals surface area contributed by atoms with E-state index in [0.717, 1.165) is 11.3 Å². The summed E-state index contributed by atoms with van der Waals surface area (Å²) < 4.78 is 12.2. The summed E-state index contributed by atoms with van der Waals surface area (Å²) in [6.07, 6.45) is 0. The van der Waals surface area contributed by atoms with Crippen LogP contribution >= 0.6 is 11.8 Å². The quantitative estimate of drug-likeness (QED) is 0.651. The first-order valence-electron chi connectivity index (χ1n) is 7.36. The van der Waals surface area contributed by atoms with Crippen LogP contribution in [0.2, 0.25) is 0 Å². The Morgan fingerprint density at radius 1 is 1.21 bits per heavy atom. The molecule has 8 nitrogen and oxygen atoms in total. The lowest BCUT2D eigenvalue weighted by Gasteiger charge is -2.19. The van der Waals surface area contributed by atoms with Crippen LogP contribution in [-0.2, 0) is 11.3 Å². The lowest BCUT2D eigenvalue weighted by atomic mass is 10.1. The maximum atomic E-state index is 5.31. The van der Waals surface area contributed by atoms with E-state index in [2.05, 4.69) is 25.7 Å². The molecule has 2 heterocycles. The molecule has 3 rings (SSSR count). The largest absolute Gasteiger partial charge is 0.497 e. The highest BCUT2D eigenvalue weighted by molar-refractivity contribution is 7.98. The van der Waals surface area contributed by atoms with Gasteiger partial charge in [0.15, 0.2) is 0 Å². The van der Waals surface area contributed by atoms with E-state index >= 15 is 0 Å². The Morgan fingerprint density at radius 2 is 1.96 bits per heavy atom. The second-order valence-corrected chi connectivity index (χ2v) is 7.02. The number of hydrogen-bond donors (Lipinski definition) is 0. The van der Waals surface area contributed by atoms with Gasteiger partial charge in [0, 0.05) is 5.56 Å². The minimum absolute atomic E-state index is 0.186. The first-order chi connectivity index (χ1) is 11.5. The topological polar surface area (TPSA) is 91.8 Å². The van der Waals surface area contributed by atoms with Crippen LogP contribution < -0.4 is 4.74 Å². The third-order valence-corrected chi connectivity index (χ3v) is 4.12. The van der Waals surface area contributed by atoms with Gasteiger partial charge in [-0.2, -0.15) is 4.98 Å². The van der Waals surface area contributed by atoms with Crippen LogP contribution in [0.25, 0.3) is 11.4 Å². The monoisotopic (exact) mass is 346 g/mol. The van der Waals surface area contributed by atoms with Gasteiger partial charge in [-0.25, -0.2) is 4.68 Å². The molecule has 0 N–H and O–H groups in total. The van der Waals surface area contributed by atoms with E-state index in [4.69, 9.17) is 9.26 Å².